The van der Waals surface area contributed by atoms with Gasteiger partial charge in [-0.25, -0.2) is 0 Å². The monoisotopic (exact) mass is 600 g/mol. The zero-order valence-electron chi connectivity index (χ0n) is 25.0. The number of nitrogens with one attached hydrogen (secondary N) is 1. The maximum Gasteiger partial charge on any atom is 0.235 e. The van der Waals surface area contributed by atoms with Gasteiger partial charge in [0, 0.05) is 18.1 Å². The molecule has 44 heavy (non-hydrogen) atoms. The number of ketones is 4. The minimum atomic E-state index is -2.77. The first-order chi connectivity index (χ1) is 20.6. The molecule has 5 rings (SSSR count). The quantitative estimate of drug-likeness (QED) is 0.277. The molecule has 230 valence electrons. The summed E-state index contributed by atoms with van der Waals surface area (Å²) in [5, 5.41) is 24.7. The minimum absolute atomic E-state index is 0.132. The van der Waals surface area contributed by atoms with E-state index in [1.54, 1.807) is 12.1 Å². The van der Waals surface area contributed by atoms with Crippen molar-refractivity contribution in [3.63, 3.8) is 0 Å². The number of aromatic hydroxyl groups is 1. The number of hydrogen-bond donors (Lipinski definition) is 5. The summed E-state index contributed by atoms with van der Waals surface area (Å²) >= 11 is 0. The molecule has 2 unspecified atom stereocenters. The van der Waals surface area contributed by atoms with Gasteiger partial charge in [-0.15, -0.1) is 0 Å². The first-order valence-electron chi connectivity index (χ1n) is 14.3. The smallest absolute Gasteiger partial charge is 0.235 e. The van der Waals surface area contributed by atoms with Crippen LogP contribution in [-0.4, -0.2) is 76.3 Å². The fourth-order valence-electron chi connectivity index (χ4n) is 7.60. The van der Waals surface area contributed by atoms with Crippen LogP contribution >= 0.6 is 0 Å². The molecule has 2 aromatic carbocycles. The number of amides is 1. The Labute approximate surface area is 254 Å². The number of nitriles is 1. The van der Waals surface area contributed by atoms with Crippen molar-refractivity contribution in [2.75, 3.05) is 14.1 Å². The zero-order chi connectivity index (χ0) is 32.5. The van der Waals surface area contributed by atoms with E-state index in [-0.39, 0.29) is 17.7 Å². The van der Waals surface area contributed by atoms with E-state index < -0.39 is 69.8 Å². The standard InChI is InChI=1S/C32H36N6O6/c1-15(2)37-12-16-5-7-17(8-6-16)18-9-10-20(39)21-19(18)11-30(35)13-32(36)26(38(3)4)25(41)22(29(34)44)27(42)31(32,14-33)28(43)23(30)24(21)40/h5-10,15,22-23,26,37,39H,11-13,35-36H2,1-4H3,(H2,34,44)/t22?,23?,26-,30-,31+,32-/m1/s1. The lowest BCUT2D eigenvalue weighted by Gasteiger charge is -2.60. The maximum atomic E-state index is 14.5. The Balaban J connectivity index is 1.68. The third-order valence-electron chi connectivity index (χ3n) is 9.45. The van der Waals surface area contributed by atoms with Gasteiger partial charge in [-0.3, -0.25) is 28.9 Å². The minimum Gasteiger partial charge on any atom is -0.507 e. The van der Waals surface area contributed by atoms with E-state index in [1.165, 1.54) is 25.1 Å². The Morgan fingerprint density at radius 1 is 1.09 bits per heavy atom. The summed E-state index contributed by atoms with van der Waals surface area (Å²) in [5.74, 6) is -9.94. The van der Waals surface area contributed by atoms with Gasteiger partial charge < -0.3 is 27.6 Å². The van der Waals surface area contributed by atoms with Gasteiger partial charge in [0.15, 0.2) is 34.5 Å². The molecule has 2 fully saturated rings. The van der Waals surface area contributed by atoms with Crippen LogP contribution < -0.4 is 22.5 Å². The first-order valence-corrected chi connectivity index (χ1v) is 14.3. The van der Waals surface area contributed by atoms with Crippen molar-refractivity contribution in [1.29, 1.82) is 5.26 Å². The molecule has 0 radical (unpaired) electrons. The van der Waals surface area contributed by atoms with Crippen LogP contribution in [0.25, 0.3) is 11.1 Å². The number of rotatable bonds is 6. The van der Waals surface area contributed by atoms with Crippen LogP contribution in [0.5, 0.6) is 5.75 Å². The summed E-state index contributed by atoms with van der Waals surface area (Å²) in [4.78, 5) is 69.7. The summed E-state index contributed by atoms with van der Waals surface area (Å²) in [7, 11) is 2.93. The molecule has 0 bridgehead atoms. The number of nitrogens with two attached hydrogens (primary N) is 3. The molecule has 1 amide bonds. The summed E-state index contributed by atoms with van der Waals surface area (Å²) in [6.07, 6.45) is -0.594. The third kappa shape index (κ3) is 4.15. The molecule has 0 saturated heterocycles. The fraction of sp³-hybridized carbons (Fsp3) is 0.438. The summed E-state index contributed by atoms with van der Waals surface area (Å²) < 4.78 is 0. The van der Waals surface area contributed by atoms with Crippen molar-refractivity contribution in [1.82, 2.24) is 10.2 Å². The Morgan fingerprint density at radius 2 is 1.73 bits per heavy atom. The molecule has 0 spiro atoms. The lowest BCUT2D eigenvalue weighted by molar-refractivity contribution is -0.166. The van der Waals surface area contributed by atoms with E-state index in [1.807, 2.05) is 38.1 Å². The topological polar surface area (TPSA) is 223 Å². The van der Waals surface area contributed by atoms with E-state index in [9.17, 15) is 34.3 Å². The number of carbonyl (C=O) groups excluding carboxylic acids is 5. The lowest BCUT2D eigenvalue weighted by Crippen LogP contribution is -2.85. The predicted octanol–water partition coefficient (Wildman–Crippen LogP) is -0.0265. The van der Waals surface area contributed by atoms with Crippen LogP contribution in [0.15, 0.2) is 36.4 Å². The second kappa shape index (κ2) is 10.4. The van der Waals surface area contributed by atoms with Gasteiger partial charge in [0.25, 0.3) is 0 Å². The van der Waals surface area contributed by atoms with Gasteiger partial charge in [-0.2, -0.15) is 5.26 Å². The molecule has 6 atom stereocenters. The molecule has 3 aliphatic rings. The summed E-state index contributed by atoms with van der Waals surface area (Å²) in [6, 6.07) is 11.2. The van der Waals surface area contributed by atoms with Crippen molar-refractivity contribution in [2.45, 2.75) is 56.4 Å². The summed E-state index contributed by atoms with van der Waals surface area (Å²) in [6.45, 7) is 4.74. The van der Waals surface area contributed by atoms with Crippen molar-refractivity contribution < 1.29 is 29.1 Å². The molecular weight excluding hydrogens is 564 g/mol. The van der Waals surface area contributed by atoms with Crippen LogP contribution in [0.4, 0.5) is 0 Å². The van der Waals surface area contributed by atoms with E-state index in [0.29, 0.717) is 23.7 Å². The predicted molar refractivity (Wildman–Crippen MR) is 159 cm³/mol. The number of phenols is 1. The Kier molecular flexibility index (Phi) is 7.38. The number of carbonyl (C=O) groups is 5. The summed E-state index contributed by atoms with van der Waals surface area (Å²) in [5.41, 5.74) is 15.1. The number of Topliss-reactive ketones (excluding diaryl/α,β-unsaturated/α-hetero) is 4. The van der Waals surface area contributed by atoms with E-state index in [4.69, 9.17) is 17.2 Å². The highest BCUT2D eigenvalue weighted by Gasteiger charge is 2.78. The van der Waals surface area contributed by atoms with Crippen LogP contribution in [0.1, 0.15) is 41.8 Å². The molecule has 2 saturated carbocycles. The number of primary amides is 1. The van der Waals surface area contributed by atoms with E-state index in [0.717, 1.165) is 11.1 Å². The van der Waals surface area contributed by atoms with E-state index >= 15 is 0 Å². The molecular formula is C32H36N6O6. The lowest BCUT2D eigenvalue weighted by atomic mass is 9.42. The molecule has 0 aromatic heterocycles. The van der Waals surface area contributed by atoms with Crippen LogP contribution in [0.2, 0.25) is 0 Å². The second-order valence-corrected chi connectivity index (χ2v) is 12.8. The molecule has 2 aromatic rings. The second-order valence-electron chi connectivity index (χ2n) is 12.8. The fourth-order valence-corrected chi connectivity index (χ4v) is 7.60. The Morgan fingerprint density at radius 3 is 2.27 bits per heavy atom. The first kappa shape index (κ1) is 31.2. The SMILES string of the molecule is CC(C)NCc1ccc(-c2ccc(O)c3c2C[C@@]2(N)C[C@@]4(N)[C@H](N(C)C)C(=O)C(C(N)=O)C(=O)[C@@]4(C#N)C(=O)C2C3=O)cc1. The van der Waals surface area contributed by atoms with Gasteiger partial charge in [-0.05, 0) is 55.3 Å². The van der Waals surface area contributed by atoms with Crippen LogP contribution in [0, 0.1) is 28.6 Å². The Bertz CT molecular complexity index is 1660. The highest BCUT2D eigenvalue weighted by atomic mass is 16.3. The van der Waals surface area contributed by atoms with Gasteiger partial charge in [0.1, 0.15) is 11.7 Å². The van der Waals surface area contributed by atoms with Crippen LogP contribution in [-0.2, 0) is 32.1 Å². The number of nitrogens with zero attached hydrogens (tertiary/aromatic N) is 2. The molecule has 12 heteroatoms. The van der Waals surface area contributed by atoms with Crippen molar-refractivity contribution in [3.8, 4) is 22.9 Å². The van der Waals surface area contributed by atoms with E-state index in [2.05, 4.69) is 5.32 Å². The van der Waals surface area contributed by atoms with Crippen molar-refractivity contribution >= 4 is 29.0 Å². The largest absolute Gasteiger partial charge is 0.507 e. The highest BCUT2D eigenvalue weighted by Crippen LogP contribution is 2.56. The molecule has 3 aliphatic carbocycles. The Hall–Kier alpha value is -4.28. The number of benzene rings is 2. The van der Waals surface area contributed by atoms with Crippen LogP contribution in [0.3, 0.4) is 0 Å². The number of likely N-dealkylation sites (N-methyl/N-ethyl adjacent to an activating group) is 1. The number of fused-ring (bicyclic) bond motifs is 3. The number of phenolic OH excluding ortho intramolecular Hbond substituents is 1. The van der Waals surface area contributed by atoms with Gasteiger partial charge in [-0.1, -0.05) is 44.2 Å². The molecule has 12 nitrogen and oxygen atoms in total. The highest BCUT2D eigenvalue weighted by molar-refractivity contribution is 6.33. The zero-order valence-corrected chi connectivity index (χ0v) is 25.0. The maximum absolute atomic E-state index is 14.5. The average Bonchev–Trinajstić information content (AvgIpc) is 2.91. The molecule has 0 aliphatic heterocycles. The molecule has 8 N–H and O–H groups in total. The number of hydrogen-bond acceptors (Lipinski definition) is 11. The third-order valence-corrected chi connectivity index (χ3v) is 9.45. The van der Waals surface area contributed by atoms with Crippen molar-refractivity contribution in [3.05, 3.63) is 53.1 Å². The van der Waals surface area contributed by atoms with Gasteiger partial charge in [0.05, 0.1) is 23.2 Å². The normalized spacial score (nSPS) is 31.4. The van der Waals surface area contributed by atoms with Crippen molar-refractivity contribution in [2.24, 2.45) is 34.5 Å². The van der Waals surface area contributed by atoms with Gasteiger partial charge >= 0.3 is 0 Å². The van der Waals surface area contributed by atoms with Gasteiger partial charge in [0.2, 0.25) is 5.91 Å². The molecule has 0 heterocycles. The average molecular weight is 601 g/mol.